The number of aryl methyl sites for hydroxylation is 1. The first-order valence-corrected chi connectivity index (χ1v) is 9.80. The van der Waals surface area contributed by atoms with Gasteiger partial charge in [-0.05, 0) is 25.6 Å². The van der Waals surface area contributed by atoms with E-state index in [4.69, 9.17) is 15.3 Å². The summed E-state index contributed by atoms with van der Waals surface area (Å²) in [6.45, 7) is 5.97. The zero-order chi connectivity index (χ0) is 19.1. The third-order valence-corrected chi connectivity index (χ3v) is 5.30. The van der Waals surface area contributed by atoms with Crippen LogP contribution in [0.4, 0.5) is 5.95 Å². The van der Waals surface area contributed by atoms with Gasteiger partial charge in [0.15, 0.2) is 5.82 Å². The fraction of sp³-hybridized carbons (Fsp3) is 0.529. The number of nitrogens with two attached hydrogens (primary N) is 1. The maximum absolute atomic E-state index is 5.70. The Hall–Kier alpha value is -2.30. The number of hydrazone groups is 1. The van der Waals surface area contributed by atoms with Gasteiger partial charge >= 0.3 is 6.01 Å². The lowest BCUT2D eigenvalue weighted by Gasteiger charge is -2.27. The summed E-state index contributed by atoms with van der Waals surface area (Å²) >= 11 is 1.63. The number of thiophene rings is 1. The molecule has 1 fully saturated rings. The Balaban J connectivity index is 1.94. The van der Waals surface area contributed by atoms with E-state index in [0.717, 1.165) is 11.3 Å². The van der Waals surface area contributed by atoms with Gasteiger partial charge in [-0.1, -0.05) is 6.92 Å². The van der Waals surface area contributed by atoms with Gasteiger partial charge in [0.2, 0.25) is 5.95 Å². The van der Waals surface area contributed by atoms with Crippen LogP contribution in [0.2, 0.25) is 0 Å². The Morgan fingerprint density at radius 3 is 2.81 bits per heavy atom. The van der Waals surface area contributed by atoms with Gasteiger partial charge in [0, 0.05) is 24.5 Å². The minimum atomic E-state index is 0.269. The van der Waals surface area contributed by atoms with Crippen molar-refractivity contribution in [3.63, 3.8) is 0 Å². The van der Waals surface area contributed by atoms with Crippen molar-refractivity contribution in [3.8, 4) is 6.01 Å². The summed E-state index contributed by atoms with van der Waals surface area (Å²) in [5, 5.41) is 7.00. The fourth-order valence-electron chi connectivity index (χ4n) is 2.59. The van der Waals surface area contributed by atoms with Gasteiger partial charge in [0.25, 0.3) is 0 Å². The van der Waals surface area contributed by atoms with Gasteiger partial charge in [-0.15, -0.1) is 11.3 Å². The summed E-state index contributed by atoms with van der Waals surface area (Å²) in [7, 11) is 1.86. The van der Waals surface area contributed by atoms with E-state index in [-0.39, 0.29) is 6.01 Å². The Bertz CT molecular complexity index is 774. The maximum atomic E-state index is 5.70. The lowest BCUT2D eigenvalue weighted by molar-refractivity contribution is 0.122. The van der Waals surface area contributed by atoms with E-state index < -0.39 is 0 Å². The monoisotopic (exact) mass is 391 g/mol. The Labute approximate surface area is 162 Å². The molecule has 1 aliphatic rings. The van der Waals surface area contributed by atoms with E-state index in [1.165, 1.54) is 4.88 Å². The number of nitrogens with one attached hydrogen (secondary N) is 1. The average Bonchev–Trinajstić information content (AvgIpc) is 3.18. The SMILES string of the molecule is CCc1ccc(C(=NN)c2nc(OCCNC)nc(N3CCOCC3)n2)s1. The molecular weight excluding hydrogens is 366 g/mol. The van der Waals surface area contributed by atoms with Crippen LogP contribution in [0.25, 0.3) is 0 Å². The van der Waals surface area contributed by atoms with Crippen molar-refractivity contribution in [2.45, 2.75) is 13.3 Å². The number of aromatic nitrogens is 3. The minimum Gasteiger partial charge on any atom is -0.462 e. The van der Waals surface area contributed by atoms with Crippen LogP contribution in [0.3, 0.4) is 0 Å². The fourth-order valence-corrected chi connectivity index (χ4v) is 3.53. The number of morpholine rings is 1. The molecule has 0 aliphatic carbocycles. The highest BCUT2D eigenvalue weighted by molar-refractivity contribution is 7.14. The zero-order valence-corrected chi connectivity index (χ0v) is 16.5. The molecule has 0 saturated carbocycles. The van der Waals surface area contributed by atoms with Crippen molar-refractivity contribution in [2.75, 3.05) is 51.4 Å². The molecule has 2 aromatic heterocycles. The van der Waals surface area contributed by atoms with Crippen molar-refractivity contribution in [2.24, 2.45) is 10.9 Å². The molecule has 3 heterocycles. The molecule has 0 amide bonds. The van der Waals surface area contributed by atoms with Crippen LogP contribution in [-0.4, -0.2) is 67.2 Å². The standard InChI is InChI=1S/C17H25N7O2S/c1-3-12-4-5-13(27-12)14(23-18)15-20-16(24-7-10-25-11-8-24)22-17(21-15)26-9-6-19-2/h4-5,19H,3,6-11,18H2,1-2H3. The summed E-state index contributed by atoms with van der Waals surface area (Å²) < 4.78 is 11.1. The van der Waals surface area contributed by atoms with Crippen LogP contribution >= 0.6 is 11.3 Å². The van der Waals surface area contributed by atoms with Crippen molar-refractivity contribution >= 4 is 23.0 Å². The first kappa shape index (κ1) is 19.5. The summed E-state index contributed by atoms with van der Waals surface area (Å²) in [6, 6.07) is 4.33. The number of nitrogens with zero attached hydrogens (tertiary/aromatic N) is 5. The van der Waals surface area contributed by atoms with Gasteiger partial charge in [-0.3, -0.25) is 0 Å². The van der Waals surface area contributed by atoms with E-state index in [0.29, 0.717) is 56.9 Å². The molecule has 0 radical (unpaired) electrons. The molecular formula is C17H25N7O2S. The molecule has 3 N–H and O–H groups in total. The third kappa shape index (κ3) is 4.90. The minimum absolute atomic E-state index is 0.269. The van der Waals surface area contributed by atoms with E-state index in [2.05, 4.69) is 43.3 Å². The number of ether oxygens (including phenoxy) is 2. The molecule has 0 aromatic carbocycles. The van der Waals surface area contributed by atoms with Gasteiger partial charge in [-0.25, -0.2) is 0 Å². The highest BCUT2D eigenvalue weighted by atomic mass is 32.1. The van der Waals surface area contributed by atoms with Crippen LogP contribution in [0, 0.1) is 0 Å². The van der Waals surface area contributed by atoms with Gasteiger partial charge in [-0.2, -0.15) is 20.1 Å². The quantitative estimate of drug-likeness (QED) is 0.292. The molecule has 1 saturated heterocycles. The second kappa shape index (κ2) is 9.58. The molecule has 3 rings (SSSR count). The highest BCUT2D eigenvalue weighted by Gasteiger charge is 2.21. The normalized spacial score (nSPS) is 15.2. The molecule has 10 heteroatoms. The lowest BCUT2D eigenvalue weighted by atomic mass is 10.3. The van der Waals surface area contributed by atoms with Gasteiger partial charge < -0.3 is 25.5 Å². The number of hydrogen-bond donors (Lipinski definition) is 2. The molecule has 9 nitrogen and oxygen atoms in total. The average molecular weight is 392 g/mol. The van der Waals surface area contributed by atoms with Crippen molar-refractivity contribution in [1.82, 2.24) is 20.3 Å². The van der Waals surface area contributed by atoms with Crippen LogP contribution < -0.4 is 20.8 Å². The summed E-state index contributed by atoms with van der Waals surface area (Å²) in [4.78, 5) is 17.8. The zero-order valence-electron chi connectivity index (χ0n) is 15.6. The first-order chi connectivity index (χ1) is 13.2. The highest BCUT2D eigenvalue weighted by Crippen LogP contribution is 2.22. The second-order valence-corrected chi connectivity index (χ2v) is 7.06. The van der Waals surface area contributed by atoms with Crippen LogP contribution in [0.1, 0.15) is 22.5 Å². The number of hydrogen-bond acceptors (Lipinski definition) is 10. The predicted molar refractivity (Wildman–Crippen MR) is 106 cm³/mol. The third-order valence-electron chi connectivity index (χ3n) is 4.06. The van der Waals surface area contributed by atoms with Crippen molar-refractivity contribution < 1.29 is 9.47 Å². The largest absolute Gasteiger partial charge is 0.462 e. The number of likely N-dealkylation sites (N-methyl/N-ethyl adjacent to an activating group) is 1. The maximum Gasteiger partial charge on any atom is 0.321 e. The molecule has 0 atom stereocenters. The summed E-state index contributed by atoms with van der Waals surface area (Å²) in [6.07, 6.45) is 0.955. The van der Waals surface area contributed by atoms with E-state index in [1.54, 1.807) is 11.3 Å². The molecule has 146 valence electrons. The summed E-state index contributed by atoms with van der Waals surface area (Å²) in [5.74, 6) is 6.66. The Morgan fingerprint density at radius 1 is 1.33 bits per heavy atom. The number of rotatable bonds is 8. The topological polar surface area (TPSA) is 111 Å². The van der Waals surface area contributed by atoms with Crippen molar-refractivity contribution in [3.05, 3.63) is 27.7 Å². The second-order valence-electron chi connectivity index (χ2n) is 5.89. The Morgan fingerprint density at radius 2 is 2.15 bits per heavy atom. The molecule has 2 aromatic rings. The van der Waals surface area contributed by atoms with Gasteiger partial charge in [0.1, 0.15) is 12.3 Å². The van der Waals surface area contributed by atoms with Crippen LogP contribution in [0.5, 0.6) is 6.01 Å². The summed E-state index contributed by atoms with van der Waals surface area (Å²) in [5.41, 5.74) is 0.537. The lowest BCUT2D eigenvalue weighted by Crippen LogP contribution is -2.37. The van der Waals surface area contributed by atoms with E-state index >= 15 is 0 Å². The van der Waals surface area contributed by atoms with Crippen LogP contribution in [0.15, 0.2) is 17.2 Å². The smallest absolute Gasteiger partial charge is 0.321 e. The molecule has 0 spiro atoms. The van der Waals surface area contributed by atoms with E-state index in [9.17, 15) is 0 Å². The predicted octanol–water partition coefficient (Wildman–Crippen LogP) is 0.641. The molecule has 27 heavy (non-hydrogen) atoms. The molecule has 1 aliphatic heterocycles. The van der Waals surface area contributed by atoms with Gasteiger partial charge in [0.05, 0.1) is 18.1 Å². The van der Waals surface area contributed by atoms with Crippen molar-refractivity contribution in [1.29, 1.82) is 0 Å². The molecule has 0 unspecified atom stereocenters. The van der Waals surface area contributed by atoms with E-state index in [1.807, 2.05) is 13.1 Å². The first-order valence-electron chi connectivity index (χ1n) is 8.98. The number of anilines is 1. The van der Waals surface area contributed by atoms with Crippen LogP contribution in [-0.2, 0) is 11.2 Å². The Kier molecular flexibility index (Phi) is 6.91. The molecule has 0 bridgehead atoms.